The molecule has 1 aromatic carbocycles. The number of hydrogen-bond donors (Lipinski definition) is 3. The van der Waals surface area contributed by atoms with E-state index in [2.05, 4.69) is 11.4 Å². The summed E-state index contributed by atoms with van der Waals surface area (Å²) in [7, 11) is 0. The van der Waals surface area contributed by atoms with Crippen molar-refractivity contribution >= 4 is 17.5 Å². The molecule has 24 heavy (non-hydrogen) atoms. The Balaban J connectivity index is 1.97. The average molecular weight is 348 g/mol. The normalized spacial score (nSPS) is 16.1. The van der Waals surface area contributed by atoms with Crippen LogP contribution in [-0.2, 0) is 11.2 Å². The van der Waals surface area contributed by atoms with Crippen molar-refractivity contribution in [3.8, 4) is 11.8 Å². The minimum absolute atomic E-state index is 0.00611. The lowest BCUT2D eigenvalue weighted by atomic mass is 10.0. The Morgan fingerprint density at radius 2 is 2.29 bits per heavy atom. The van der Waals surface area contributed by atoms with E-state index in [1.807, 2.05) is 0 Å². The molecule has 0 bridgehead atoms. The Morgan fingerprint density at radius 3 is 2.88 bits per heavy atom. The molecule has 0 radical (unpaired) electrons. The van der Waals surface area contributed by atoms with E-state index < -0.39 is 5.54 Å². The summed E-state index contributed by atoms with van der Waals surface area (Å²) in [4.78, 5) is 13.8. The Hall–Kier alpha value is -2.49. The first-order chi connectivity index (χ1) is 11.4. The number of benzene rings is 1. The van der Waals surface area contributed by atoms with E-state index in [9.17, 15) is 15.0 Å². The third-order valence-electron chi connectivity index (χ3n) is 3.80. The fraction of sp³-hybridized carbons (Fsp3) is 0.294. The number of hydrogen-bond acceptors (Lipinski definition) is 5. The van der Waals surface area contributed by atoms with Crippen LogP contribution in [0.3, 0.4) is 0 Å². The van der Waals surface area contributed by atoms with Gasteiger partial charge >= 0.3 is 0 Å². The minimum Gasteiger partial charge on any atom is -0.508 e. The van der Waals surface area contributed by atoms with Gasteiger partial charge in [0, 0.05) is 29.0 Å². The van der Waals surface area contributed by atoms with Crippen LogP contribution in [0.4, 0.5) is 0 Å². The molecule has 0 aromatic heterocycles. The van der Waals surface area contributed by atoms with E-state index in [-0.39, 0.29) is 24.7 Å². The quantitative estimate of drug-likeness (QED) is 0.753. The summed E-state index contributed by atoms with van der Waals surface area (Å²) in [6, 6.07) is 6.60. The van der Waals surface area contributed by atoms with E-state index >= 15 is 0 Å². The van der Waals surface area contributed by atoms with Gasteiger partial charge in [0.15, 0.2) is 0 Å². The zero-order valence-corrected chi connectivity index (χ0v) is 13.9. The van der Waals surface area contributed by atoms with Crippen molar-refractivity contribution < 1.29 is 15.0 Å². The Bertz CT molecular complexity index is 739. The first-order valence-electron chi connectivity index (χ1n) is 7.32. The second kappa shape index (κ2) is 7.39. The molecule has 0 saturated heterocycles. The molecule has 7 heteroatoms. The molecular weight excluding hydrogens is 330 g/mol. The Kier molecular flexibility index (Phi) is 5.50. The van der Waals surface area contributed by atoms with Crippen LogP contribution in [0, 0.1) is 11.3 Å². The standard InChI is InChI=1S/C17H18ClN3O3/c1-17(10-19,11-22)21-6-4-14(5-7-21)20-16(24)9-12-8-13(18)2-3-15(12)23/h2-6,8,22-23H,7,9,11H2,1H3,(H,20,24)/t17-/m0/s1. The van der Waals surface area contributed by atoms with Gasteiger partial charge in [0.2, 0.25) is 5.91 Å². The molecule has 1 amide bonds. The molecule has 0 spiro atoms. The summed E-state index contributed by atoms with van der Waals surface area (Å²) >= 11 is 5.86. The van der Waals surface area contributed by atoms with Gasteiger partial charge in [0.25, 0.3) is 0 Å². The molecule has 0 aliphatic carbocycles. The van der Waals surface area contributed by atoms with E-state index in [1.165, 1.54) is 6.07 Å². The van der Waals surface area contributed by atoms with Crippen molar-refractivity contribution in [2.45, 2.75) is 18.9 Å². The third-order valence-corrected chi connectivity index (χ3v) is 4.04. The number of nitrogens with one attached hydrogen (secondary N) is 1. The highest BCUT2D eigenvalue weighted by Gasteiger charge is 2.29. The number of carbonyl (C=O) groups is 1. The lowest BCUT2D eigenvalue weighted by Gasteiger charge is -2.34. The van der Waals surface area contributed by atoms with Gasteiger partial charge < -0.3 is 20.4 Å². The Labute approximate surface area is 145 Å². The molecule has 1 aromatic rings. The van der Waals surface area contributed by atoms with Crippen LogP contribution >= 0.6 is 11.6 Å². The molecule has 1 aliphatic rings. The molecule has 6 nitrogen and oxygen atoms in total. The number of nitrogens with zero attached hydrogens (tertiary/aromatic N) is 2. The molecular formula is C17H18ClN3O3. The predicted octanol–water partition coefficient (Wildman–Crippen LogP) is 1.69. The second-order valence-corrected chi connectivity index (χ2v) is 6.11. The molecule has 1 aliphatic heterocycles. The number of nitriles is 1. The molecule has 0 fully saturated rings. The lowest BCUT2D eigenvalue weighted by Crippen LogP contribution is -2.46. The van der Waals surface area contributed by atoms with Crippen molar-refractivity contribution in [3.63, 3.8) is 0 Å². The van der Waals surface area contributed by atoms with E-state index in [1.54, 1.807) is 42.3 Å². The number of aliphatic hydroxyl groups is 1. The number of aromatic hydroxyl groups is 1. The van der Waals surface area contributed by atoms with E-state index in [0.29, 0.717) is 22.8 Å². The number of allylic oxidation sites excluding steroid dienone is 1. The van der Waals surface area contributed by atoms with E-state index in [0.717, 1.165) is 0 Å². The lowest BCUT2D eigenvalue weighted by molar-refractivity contribution is -0.119. The van der Waals surface area contributed by atoms with Crippen molar-refractivity contribution in [1.29, 1.82) is 5.26 Å². The second-order valence-electron chi connectivity index (χ2n) is 5.67. The van der Waals surface area contributed by atoms with Crippen LogP contribution in [0.5, 0.6) is 5.75 Å². The Morgan fingerprint density at radius 1 is 1.54 bits per heavy atom. The SMILES string of the molecule is C[C@](C#N)(CO)N1C=CC(NC(=O)Cc2cc(Cl)ccc2O)=CC1. The van der Waals surface area contributed by atoms with E-state index in [4.69, 9.17) is 16.9 Å². The van der Waals surface area contributed by atoms with Crippen LogP contribution < -0.4 is 5.32 Å². The van der Waals surface area contributed by atoms with Crippen molar-refractivity contribution in [1.82, 2.24) is 10.2 Å². The first kappa shape index (κ1) is 17.9. The van der Waals surface area contributed by atoms with Crippen LogP contribution in [0.2, 0.25) is 5.02 Å². The molecule has 0 unspecified atom stereocenters. The molecule has 3 N–H and O–H groups in total. The third kappa shape index (κ3) is 4.07. The maximum Gasteiger partial charge on any atom is 0.228 e. The number of phenolic OH excluding ortho intramolecular Hbond substituents is 1. The predicted molar refractivity (Wildman–Crippen MR) is 90.0 cm³/mol. The van der Waals surface area contributed by atoms with Gasteiger partial charge in [-0.3, -0.25) is 4.79 Å². The zero-order valence-electron chi connectivity index (χ0n) is 13.2. The highest BCUT2D eigenvalue weighted by atomic mass is 35.5. The van der Waals surface area contributed by atoms with Crippen LogP contribution in [0.15, 0.2) is 42.2 Å². The highest BCUT2D eigenvalue weighted by molar-refractivity contribution is 6.30. The summed E-state index contributed by atoms with van der Waals surface area (Å²) in [5, 5.41) is 31.4. The molecule has 126 valence electrons. The van der Waals surface area contributed by atoms with Gasteiger partial charge in [-0.2, -0.15) is 5.26 Å². The maximum absolute atomic E-state index is 12.1. The van der Waals surface area contributed by atoms with Crippen LogP contribution in [-0.4, -0.2) is 39.7 Å². The van der Waals surface area contributed by atoms with Gasteiger partial charge in [-0.25, -0.2) is 0 Å². The van der Waals surface area contributed by atoms with Crippen LogP contribution in [0.25, 0.3) is 0 Å². The summed E-state index contributed by atoms with van der Waals surface area (Å²) in [6.45, 7) is 1.73. The van der Waals surface area contributed by atoms with Gasteiger partial charge in [-0.05, 0) is 37.3 Å². The minimum atomic E-state index is -1.00. The zero-order chi connectivity index (χ0) is 17.7. The van der Waals surface area contributed by atoms with Gasteiger partial charge in [-0.15, -0.1) is 0 Å². The number of aliphatic hydroxyl groups excluding tert-OH is 1. The van der Waals surface area contributed by atoms with Crippen molar-refractivity contribution in [2.24, 2.45) is 0 Å². The summed E-state index contributed by atoms with van der Waals surface area (Å²) in [5.74, 6) is -0.274. The first-order valence-corrected chi connectivity index (χ1v) is 7.70. The highest BCUT2D eigenvalue weighted by Crippen LogP contribution is 2.22. The molecule has 1 heterocycles. The fourth-order valence-electron chi connectivity index (χ4n) is 2.22. The van der Waals surface area contributed by atoms with Gasteiger partial charge in [-0.1, -0.05) is 11.6 Å². The number of amides is 1. The smallest absolute Gasteiger partial charge is 0.228 e. The molecule has 0 saturated carbocycles. The number of rotatable bonds is 5. The summed E-state index contributed by atoms with van der Waals surface area (Å²) in [5.41, 5.74) is 0.0325. The fourth-order valence-corrected chi connectivity index (χ4v) is 2.41. The summed E-state index contributed by atoms with van der Waals surface area (Å²) in [6.07, 6.45) is 5.06. The largest absolute Gasteiger partial charge is 0.508 e. The van der Waals surface area contributed by atoms with Crippen molar-refractivity contribution in [3.05, 3.63) is 52.8 Å². The number of phenols is 1. The van der Waals surface area contributed by atoms with Gasteiger partial charge in [0.1, 0.15) is 11.3 Å². The molecule has 2 rings (SSSR count). The van der Waals surface area contributed by atoms with Crippen LogP contribution in [0.1, 0.15) is 12.5 Å². The topological polar surface area (TPSA) is 96.6 Å². The average Bonchev–Trinajstić information content (AvgIpc) is 2.58. The molecule has 1 atom stereocenters. The number of halogens is 1. The van der Waals surface area contributed by atoms with Gasteiger partial charge in [0.05, 0.1) is 19.1 Å². The monoisotopic (exact) mass is 347 g/mol. The number of carbonyl (C=O) groups excluding carboxylic acids is 1. The maximum atomic E-state index is 12.1. The summed E-state index contributed by atoms with van der Waals surface area (Å²) < 4.78 is 0. The van der Waals surface area contributed by atoms with Crippen molar-refractivity contribution in [2.75, 3.05) is 13.2 Å².